The Morgan fingerprint density at radius 2 is 2.12 bits per heavy atom. The molecule has 1 aromatic heterocycles. The van der Waals surface area contributed by atoms with Gasteiger partial charge in [-0.3, -0.25) is 14.1 Å². The number of amides is 4. The van der Waals surface area contributed by atoms with Gasteiger partial charge in [-0.2, -0.15) is 8.42 Å². The first kappa shape index (κ1) is 23.6. The van der Waals surface area contributed by atoms with E-state index in [0.717, 1.165) is 11.3 Å². The van der Waals surface area contributed by atoms with Crippen molar-refractivity contribution in [1.82, 2.24) is 24.8 Å². The van der Waals surface area contributed by atoms with Crippen LogP contribution in [0.4, 0.5) is 9.93 Å². The number of carboxylic acid groups (broad SMARTS) is 1. The third-order valence-corrected chi connectivity index (χ3v) is 7.06. The third kappa shape index (κ3) is 4.33. The molecule has 184 valence electrons. The van der Waals surface area contributed by atoms with Crippen LogP contribution in [0.1, 0.15) is 18.5 Å². The number of nitrogen functional groups attached to an aromatic ring is 1. The van der Waals surface area contributed by atoms with Gasteiger partial charge >= 0.3 is 22.3 Å². The molecule has 2 aliphatic heterocycles. The maximum Gasteiger partial charge on any atom is 0.362 e. The lowest BCUT2D eigenvalue weighted by atomic mass is 9.97. The number of urea groups is 1. The Hall–Kier alpha value is -3.51. The van der Waals surface area contributed by atoms with Crippen molar-refractivity contribution in [3.63, 3.8) is 0 Å². The fraction of sp³-hybridized carbons (Fsp3) is 0.500. The first-order valence-electron chi connectivity index (χ1n) is 9.78. The third-order valence-electron chi connectivity index (χ3n) is 5.44. The predicted molar refractivity (Wildman–Crippen MR) is 113 cm³/mol. The fourth-order valence-electron chi connectivity index (χ4n) is 3.45. The maximum atomic E-state index is 13.0. The normalized spacial score (nSPS) is 23.9. The minimum absolute atomic E-state index is 0.0601. The quantitative estimate of drug-likeness (QED) is 0.100. The molecule has 34 heavy (non-hydrogen) atoms. The number of thiazole rings is 1. The van der Waals surface area contributed by atoms with Crippen LogP contribution in [0, 0.1) is 0 Å². The molecule has 0 bridgehead atoms. The van der Waals surface area contributed by atoms with E-state index in [-0.39, 0.29) is 41.1 Å². The molecular weight excluding hydrogens is 498 g/mol. The second-order valence-electron chi connectivity index (χ2n) is 7.71. The van der Waals surface area contributed by atoms with Crippen molar-refractivity contribution in [1.29, 1.82) is 0 Å². The molecule has 1 aliphatic carbocycles. The van der Waals surface area contributed by atoms with E-state index in [1.54, 1.807) is 0 Å². The van der Waals surface area contributed by atoms with E-state index >= 15 is 0 Å². The average molecular weight is 518 g/mol. The highest BCUT2D eigenvalue weighted by Gasteiger charge is 2.56. The van der Waals surface area contributed by atoms with Crippen LogP contribution in [0.2, 0.25) is 0 Å². The van der Waals surface area contributed by atoms with Crippen LogP contribution >= 0.6 is 11.3 Å². The first-order chi connectivity index (χ1) is 15.9. The lowest BCUT2D eigenvalue weighted by Gasteiger charge is -2.45. The molecule has 0 aromatic carbocycles. The Bertz CT molecular complexity index is 1190. The second kappa shape index (κ2) is 8.37. The molecule has 16 nitrogen and oxygen atoms in total. The molecule has 2 atom stereocenters. The number of nitrogens with one attached hydrogen (secondary N) is 2. The fourth-order valence-corrected chi connectivity index (χ4v) is 4.87. The molecule has 1 saturated carbocycles. The number of anilines is 1. The molecule has 0 spiro atoms. The van der Waals surface area contributed by atoms with Gasteiger partial charge in [0.1, 0.15) is 11.7 Å². The van der Waals surface area contributed by atoms with Gasteiger partial charge in [0.05, 0.1) is 6.04 Å². The monoisotopic (exact) mass is 517 g/mol. The molecule has 1 aromatic rings. The van der Waals surface area contributed by atoms with E-state index in [9.17, 15) is 37.3 Å². The Morgan fingerprint density at radius 1 is 1.41 bits per heavy atom. The van der Waals surface area contributed by atoms with Gasteiger partial charge in [0.2, 0.25) is 5.60 Å². The number of carboxylic acids is 1. The lowest BCUT2D eigenvalue weighted by molar-refractivity contribution is -0.153. The van der Waals surface area contributed by atoms with E-state index in [0.29, 0.717) is 6.54 Å². The van der Waals surface area contributed by atoms with Crippen LogP contribution in [-0.2, 0) is 29.5 Å². The molecule has 3 heterocycles. The summed E-state index contributed by atoms with van der Waals surface area (Å²) >= 11 is 0.966. The summed E-state index contributed by atoms with van der Waals surface area (Å²) < 4.78 is 32.9. The number of aromatic nitrogens is 1. The lowest BCUT2D eigenvalue weighted by Crippen LogP contribution is -2.74. The van der Waals surface area contributed by atoms with Crippen LogP contribution in [0.3, 0.4) is 0 Å². The summed E-state index contributed by atoms with van der Waals surface area (Å²) in [5, 5.41) is 19.2. The van der Waals surface area contributed by atoms with Crippen molar-refractivity contribution >= 4 is 56.3 Å². The van der Waals surface area contributed by atoms with Gasteiger partial charge in [-0.15, -0.1) is 11.3 Å². The highest BCUT2D eigenvalue weighted by Crippen LogP contribution is 2.40. The molecule has 3 fully saturated rings. The zero-order chi connectivity index (χ0) is 24.8. The number of oxime groups is 1. The molecule has 3 aliphatic rings. The van der Waals surface area contributed by atoms with Gasteiger partial charge in [0.15, 0.2) is 10.8 Å². The van der Waals surface area contributed by atoms with Crippen molar-refractivity contribution in [3.8, 4) is 0 Å². The SMILES string of the molecule is Nc1nc(/C(=N\OC2(C(=O)O)CC2)C(=O)N[C@@H]2C(=O)N(S(=O)(=O)O)[C@@H]2CN2CCNC2=O)cs1. The summed E-state index contributed by atoms with van der Waals surface area (Å²) in [5.41, 5.74) is 3.47. The van der Waals surface area contributed by atoms with Crippen LogP contribution in [0.15, 0.2) is 10.5 Å². The summed E-state index contributed by atoms with van der Waals surface area (Å²) in [4.78, 5) is 58.9. The molecule has 6 N–H and O–H groups in total. The Labute approximate surface area is 195 Å². The Morgan fingerprint density at radius 3 is 2.62 bits per heavy atom. The van der Waals surface area contributed by atoms with E-state index in [1.165, 1.54) is 10.3 Å². The smallest absolute Gasteiger partial charge is 0.362 e. The molecule has 0 radical (unpaired) electrons. The number of hydrogen-bond donors (Lipinski definition) is 5. The molecule has 4 rings (SSSR count). The van der Waals surface area contributed by atoms with Crippen molar-refractivity contribution in [2.75, 3.05) is 25.4 Å². The van der Waals surface area contributed by atoms with Crippen LogP contribution < -0.4 is 16.4 Å². The standard InChI is InChI=1S/C16H19N7O9S2/c17-14-19-7(6-33-14)9(21-32-16(1-2-16)13(26)27)11(24)20-10-8(5-22-4-3-18-15(22)28)23(12(10)25)34(29,30)31/h6,8,10H,1-5H2,(H2,17,19)(H,18,28)(H,20,24)(H,26,27)(H,29,30,31)/b21-9+/t8-,10+/m1/s1. The van der Waals surface area contributed by atoms with Crippen molar-refractivity contribution < 1.29 is 42.1 Å². The van der Waals surface area contributed by atoms with E-state index in [2.05, 4.69) is 20.8 Å². The second-order valence-corrected chi connectivity index (χ2v) is 9.89. The van der Waals surface area contributed by atoms with Gasteiger partial charge in [-0.1, -0.05) is 5.16 Å². The maximum absolute atomic E-state index is 13.0. The number of β-lactam (4-membered cyclic amide) rings is 1. The summed E-state index contributed by atoms with van der Waals surface area (Å²) in [6.45, 7) is 0.226. The molecule has 4 amide bonds. The molecular formula is C16H19N7O9S2. The van der Waals surface area contributed by atoms with E-state index in [1.807, 2.05) is 0 Å². The summed E-state index contributed by atoms with van der Waals surface area (Å²) in [6.07, 6.45) is 0.342. The topological polar surface area (TPSA) is 234 Å². The zero-order valence-electron chi connectivity index (χ0n) is 17.2. The van der Waals surface area contributed by atoms with Crippen LogP contribution in [0.25, 0.3) is 0 Å². The Balaban J connectivity index is 1.57. The van der Waals surface area contributed by atoms with Crippen LogP contribution in [-0.4, -0.2) is 99.1 Å². The van der Waals surface area contributed by atoms with Gasteiger partial charge in [0.25, 0.3) is 11.8 Å². The average Bonchev–Trinajstić information content (AvgIpc) is 3.26. The number of carbonyl (C=O) groups is 4. The van der Waals surface area contributed by atoms with Crippen molar-refractivity contribution in [2.45, 2.75) is 30.5 Å². The largest absolute Gasteiger partial charge is 0.478 e. The van der Waals surface area contributed by atoms with Gasteiger partial charge in [-0.25, -0.2) is 18.9 Å². The molecule has 2 saturated heterocycles. The molecule has 18 heteroatoms. The number of rotatable bonds is 9. The summed E-state index contributed by atoms with van der Waals surface area (Å²) in [7, 11) is -4.97. The number of carbonyl (C=O) groups excluding carboxylic acids is 3. The Kier molecular flexibility index (Phi) is 5.82. The van der Waals surface area contributed by atoms with Crippen molar-refractivity contribution in [3.05, 3.63) is 11.1 Å². The minimum atomic E-state index is -4.97. The highest BCUT2D eigenvalue weighted by atomic mass is 32.2. The van der Waals surface area contributed by atoms with E-state index in [4.69, 9.17) is 10.6 Å². The predicted octanol–water partition coefficient (Wildman–Crippen LogP) is -2.41. The van der Waals surface area contributed by atoms with Gasteiger partial charge < -0.3 is 31.2 Å². The number of nitrogens with two attached hydrogens (primary N) is 1. The summed E-state index contributed by atoms with van der Waals surface area (Å²) in [6, 6.07) is -3.25. The highest BCUT2D eigenvalue weighted by molar-refractivity contribution is 7.84. The summed E-state index contributed by atoms with van der Waals surface area (Å²) in [5.74, 6) is -3.44. The molecule has 0 unspecified atom stereocenters. The number of aliphatic carboxylic acids is 1. The minimum Gasteiger partial charge on any atom is -0.478 e. The number of hydrogen-bond acceptors (Lipinski definition) is 11. The van der Waals surface area contributed by atoms with Gasteiger partial charge in [-0.05, 0) is 0 Å². The zero-order valence-corrected chi connectivity index (χ0v) is 18.8. The van der Waals surface area contributed by atoms with Crippen molar-refractivity contribution in [2.24, 2.45) is 5.16 Å². The van der Waals surface area contributed by atoms with E-state index < -0.39 is 57.5 Å². The number of nitrogens with zero attached hydrogens (tertiary/aromatic N) is 4. The van der Waals surface area contributed by atoms with Gasteiger partial charge in [0, 0.05) is 37.9 Å². The van der Waals surface area contributed by atoms with Crippen LogP contribution in [0.5, 0.6) is 0 Å². The first-order valence-corrected chi connectivity index (χ1v) is 12.1.